The van der Waals surface area contributed by atoms with Crippen molar-refractivity contribution in [3.63, 3.8) is 0 Å². The second-order valence-electron chi connectivity index (χ2n) is 8.65. The summed E-state index contributed by atoms with van der Waals surface area (Å²) in [5.74, 6) is -4.06. The zero-order valence-corrected chi connectivity index (χ0v) is 19.0. The summed E-state index contributed by atoms with van der Waals surface area (Å²) in [4.78, 5) is 0. The predicted octanol–water partition coefficient (Wildman–Crippen LogP) is 8.40. The lowest BCUT2D eigenvalue weighted by Gasteiger charge is -2.16. The topological polar surface area (TPSA) is 0 Å². The molecular weight excluding hydrogens is 424 g/mol. The highest BCUT2D eigenvalue weighted by Gasteiger charge is 2.16. The molecule has 4 aromatic carbocycles. The van der Waals surface area contributed by atoms with Crippen LogP contribution in [0.2, 0.25) is 0 Å². The molecule has 0 amide bonds. The van der Waals surface area contributed by atoms with Gasteiger partial charge >= 0.3 is 0 Å². The van der Waals surface area contributed by atoms with Crippen molar-refractivity contribution in [3.05, 3.63) is 117 Å². The van der Waals surface area contributed by atoms with E-state index < -0.39 is 17.5 Å². The minimum Gasteiger partial charge on any atom is -0.207 e. The molecule has 0 fully saturated rings. The van der Waals surface area contributed by atoms with Crippen LogP contribution in [-0.2, 0) is 6.42 Å². The van der Waals surface area contributed by atoms with E-state index in [-0.39, 0.29) is 5.82 Å². The molecule has 0 atom stereocenters. The van der Waals surface area contributed by atoms with E-state index in [4.69, 9.17) is 0 Å². The van der Waals surface area contributed by atoms with E-state index in [2.05, 4.69) is 18.2 Å². The molecule has 0 saturated carbocycles. The van der Waals surface area contributed by atoms with Crippen LogP contribution >= 0.6 is 0 Å². The average molecular weight is 449 g/mol. The van der Waals surface area contributed by atoms with Crippen LogP contribution in [0.4, 0.5) is 17.6 Å². The molecule has 0 heterocycles. The third kappa shape index (κ3) is 4.56. The summed E-state index contributed by atoms with van der Waals surface area (Å²) in [6.07, 6.45) is 0.709. The maximum Gasteiger partial charge on any atom is 0.194 e. The van der Waals surface area contributed by atoms with Crippen LogP contribution in [0.25, 0.3) is 22.3 Å². The maximum atomic E-state index is 13.8. The zero-order chi connectivity index (χ0) is 23.9. The first-order chi connectivity index (χ1) is 15.6. The smallest absolute Gasteiger partial charge is 0.194 e. The molecule has 0 N–H and O–H groups in total. The molecule has 0 aliphatic heterocycles. The van der Waals surface area contributed by atoms with Gasteiger partial charge in [-0.25, -0.2) is 17.6 Å². The van der Waals surface area contributed by atoms with E-state index in [0.717, 1.165) is 51.1 Å². The van der Waals surface area contributed by atoms with Gasteiger partial charge in [0.1, 0.15) is 5.82 Å². The number of hydrogen-bond donors (Lipinski definition) is 0. The molecule has 4 heteroatoms. The Hall–Kier alpha value is -3.40. The van der Waals surface area contributed by atoms with Crippen molar-refractivity contribution in [2.24, 2.45) is 0 Å². The zero-order valence-electron chi connectivity index (χ0n) is 19.0. The summed E-state index contributed by atoms with van der Waals surface area (Å²) in [5, 5.41) is 0. The van der Waals surface area contributed by atoms with Crippen LogP contribution in [0.15, 0.2) is 60.7 Å². The Kier molecular flexibility index (Phi) is 6.11. The van der Waals surface area contributed by atoms with Gasteiger partial charge in [0.2, 0.25) is 0 Å². The van der Waals surface area contributed by atoms with Crippen LogP contribution in [-0.4, -0.2) is 0 Å². The fourth-order valence-corrected chi connectivity index (χ4v) is 4.49. The highest BCUT2D eigenvalue weighted by molar-refractivity contribution is 5.78. The van der Waals surface area contributed by atoms with Gasteiger partial charge < -0.3 is 0 Å². The van der Waals surface area contributed by atoms with Crippen molar-refractivity contribution in [2.75, 3.05) is 0 Å². The molecule has 0 nitrogen and oxygen atoms in total. The summed E-state index contributed by atoms with van der Waals surface area (Å²) in [7, 11) is 0. The number of halogens is 4. The highest BCUT2D eigenvalue weighted by atomic mass is 19.2. The molecule has 4 aromatic rings. The van der Waals surface area contributed by atoms with E-state index >= 15 is 0 Å². The summed E-state index contributed by atoms with van der Waals surface area (Å²) < 4.78 is 54.5. The fraction of sp³-hybridized carbons (Fsp3) is 0.172. The lowest BCUT2D eigenvalue weighted by atomic mass is 9.89. The van der Waals surface area contributed by atoms with Crippen molar-refractivity contribution in [2.45, 2.75) is 34.1 Å². The minimum absolute atomic E-state index is 0.203. The van der Waals surface area contributed by atoms with Gasteiger partial charge in [0.15, 0.2) is 17.5 Å². The molecule has 168 valence electrons. The molecule has 0 radical (unpaired) electrons. The molecule has 0 spiro atoms. The monoisotopic (exact) mass is 448 g/mol. The van der Waals surface area contributed by atoms with Crippen LogP contribution in [0.1, 0.15) is 33.4 Å². The first-order valence-electron chi connectivity index (χ1n) is 10.7. The van der Waals surface area contributed by atoms with Gasteiger partial charge in [0, 0.05) is 0 Å². The van der Waals surface area contributed by atoms with Crippen LogP contribution in [0, 0.1) is 51.0 Å². The third-order valence-corrected chi connectivity index (χ3v) is 6.04. The van der Waals surface area contributed by atoms with Gasteiger partial charge in [-0.1, -0.05) is 42.5 Å². The Balaban J connectivity index is 1.67. The van der Waals surface area contributed by atoms with Crippen molar-refractivity contribution in [1.82, 2.24) is 0 Å². The van der Waals surface area contributed by atoms with Crippen molar-refractivity contribution >= 4 is 0 Å². The van der Waals surface area contributed by atoms with Gasteiger partial charge in [0.05, 0.1) is 0 Å². The quantitative estimate of drug-likeness (QED) is 0.217. The highest BCUT2D eigenvalue weighted by Crippen LogP contribution is 2.35. The SMILES string of the molecule is Cc1cc(Cc2ccc(-c3cc(C)c(-c4cc(F)c(F)c(F)c4)c(C)c3)c(C)c2)ccc1F. The lowest BCUT2D eigenvalue weighted by Crippen LogP contribution is -1.97. The fourth-order valence-electron chi connectivity index (χ4n) is 4.49. The summed E-state index contributed by atoms with van der Waals surface area (Å²) >= 11 is 0. The Labute approximate surface area is 191 Å². The normalized spacial score (nSPS) is 11.2. The van der Waals surface area contributed by atoms with Crippen LogP contribution < -0.4 is 0 Å². The number of aryl methyl sites for hydroxylation is 4. The number of benzene rings is 4. The molecule has 0 aromatic heterocycles. The van der Waals surface area contributed by atoms with Crippen LogP contribution in [0.3, 0.4) is 0 Å². The Morgan fingerprint density at radius 3 is 1.61 bits per heavy atom. The van der Waals surface area contributed by atoms with Gasteiger partial charge in [-0.2, -0.15) is 0 Å². The predicted molar refractivity (Wildman–Crippen MR) is 125 cm³/mol. The van der Waals surface area contributed by atoms with E-state index in [1.165, 1.54) is 6.07 Å². The Bertz CT molecular complexity index is 1320. The summed E-state index contributed by atoms with van der Waals surface area (Å²) in [5.41, 5.74) is 8.67. The molecule has 0 bridgehead atoms. The third-order valence-electron chi connectivity index (χ3n) is 6.04. The first-order valence-corrected chi connectivity index (χ1v) is 10.7. The largest absolute Gasteiger partial charge is 0.207 e. The lowest BCUT2D eigenvalue weighted by molar-refractivity contribution is 0.447. The minimum atomic E-state index is -1.46. The van der Waals surface area contributed by atoms with Crippen molar-refractivity contribution < 1.29 is 17.6 Å². The van der Waals surface area contributed by atoms with Gasteiger partial charge in [0.25, 0.3) is 0 Å². The number of hydrogen-bond acceptors (Lipinski definition) is 0. The average Bonchev–Trinajstić information content (AvgIpc) is 2.74. The summed E-state index contributed by atoms with van der Waals surface area (Å²) in [6, 6.07) is 17.4. The standard InChI is InChI=1S/C29H24F4/c1-16-9-20(13-21-6-8-25(30)17(2)10-21)5-7-24(16)22-11-18(3)28(19(4)12-22)23-14-26(31)29(33)27(32)15-23/h5-12,14-15H,13H2,1-4H3. The first kappa shape index (κ1) is 22.8. The molecule has 4 rings (SSSR count). The van der Waals surface area contributed by atoms with Gasteiger partial charge in [-0.3, -0.25) is 0 Å². The van der Waals surface area contributed by atoms with Crippen LogP contribution in [0.5, 0.6) is 0 Å². The molecular formula is C29H24F4. The second-order valence-corrected chi connectivity index (χ2v) is 8.65. The van der Waals surface area contributed by atoms with E-state index in [1.54, 1.807) is 13.0 Å². The summed E-state index contributed by atoms with van der Waals surface area (Å²) in [6.45, 7) is 7.56. The molecule has 0 unspecified atom stereocenters. The number of rotatable bonds is 4. The molecule has 33 heavy (non-hydrogen) atoms. The Morgan fingerprint density at radius 1 is 0.515 bits per heavy atom. The van der Waals surface area contributed by atoms with E-state index in [1.807, 2.05) is 39.0 Å². The molecule has 0 aliphatic rings. The second kappa shape index (κ2) is 8.86. The van der Waals surface area contributed by atoms with Crippen molar-refractivity contribution in [3.8, 4) is 22.3 Å². The molecule has 0 aliphatic carbocycles. The Morgan fingerprint density at radius 2 is 1.06 bits per heavy atom. The van der Waals surface area contributed by atoms with E-state index in [9.17, 15) is 17.6 Å². The van der Waals surface area contributed by atoms with Crippen molar-refractivity contribution in [1.29, 1.82) is 0 Å². The maximum absolute atomic E-state index is 13.8. The van der Waals surface area contributed by atoms with Gasteiger partial charge in [-0.15, -0.1) is 0 Å². The van der Waals surface area contributed by atoms with Gasteiger partial charge in [-0.05, 0) is 108 Å². The molecule has 0 saturated heterocycles. The van der Waals surface area contributed by atoms with E-state index in [0.29, 0.717) is 23.1 Å².